The van der Waals surface area contributed by atoms with E-state index in [1.54, 1.807) is 18.2 Å². The average molecular weight is 307 g/mol. The van der Waals surface area contributed by atoms with Gasteiger partial charge < -0.3 is 0 Å². The summed E-state index contributed by atoms with van der Waals surface area (Å²) in [5.74, 6) is 0.0928. The topological polar surface area (TPSA) is 38.3 Å². The SMILES string of the molecule is CC(C)CONC(=O)c1ccc(Cl)c(Br)c1. The number of hydrogen-bond acceptors (Lipinski definition) is 2. The van der Waals surface area contributed by atoms with Gasteiger partial charge in [0.15, 0.2) is 0 Å². The third-order valence-electron chi connectivity index (χ3n) is 1.76. The van der Waals surface area contributed by atoms with Gasteiger partial charge in [0, 0.05) is 10.0 Å². The fourth-order valence-corrected chi connectivity index (χ4v) is 1.47. The van der Waals surface area contributed by atoms with E-state index in [-0.39, 0.29) is 5.91 Å². The first-order chi connectivity index (χ1) is 7.50. The monoisotopic (exact) mass is 305 g/mol. The number of amides is 1. The second-order valence-electron chi connectivity index (χ2n) is 3.76. The Bertz CT molecular complexity index is 382. The van der Waals surface area contributed by atoms with Crippen molar-refractivity contribution < 1.29 is 9.63 Å². The maximum atomic E-state index is 11.6. The van der Waals surface area contributed by atoms with Crippen LogP contribution in [0, 0.1) is 5.92 Å². The van der Waals surface area contributed by atoms with Crippen LogP contribution in [0.15, 0.2) is 22.7 Å². The molecule has 0 aliphatic heterocycles. The lowest BCUT2D eigenvalue weighted by Gasteiger charge is -2.08. The van der Waals surface area contributed by atoms with Gasteiger partial charge >= 0.3 is 0 Å². The average Bonchev–Trinajstić information content (AvgIpc) is 2.21. The first-order valence-corrected chi connectivity index (χ1v) is 6.05. The van der Waals surface area contributed by atoms with Crippen LogP contribution in [-0.4, -0.2) is 12.5 Å². The highest BCUT2D eigenvalue weighted by atomic mass is 79.9. The smallest absolute Gasteiger partial charge is 0.273 e. The van der Waals surface area contributed by atoms with Crippen LogP contribution in [-0.2, 0) is 4.84 Å². The van der Waals surface area contributed by atoms with Crippen LogP contribution >= 0.6 is 27.5 Å². The maximum Gasteiger partial charge on any atom is 0.274 e. The van der Waals surface area contributed by atoms with Gasteiger partial charge in [0.1, 0.15) is 0 Å². The molecule has 0 heterocycles. The normalized spacial score (nSPS) is 10.6. The third-order valence-corrected chi connectivity index (χ3v) is 2.98. The molecule has 0 spiro atoms. The summed E-state index contributed by atoms with van der Waals surface area (Å²) in [5, 5.41) is 0.569. The molecule has 0 unspecified atom stereocenters. The molecule has 1 N–H and O–H groups in total. The third kappa shape index (κ3) is 4.12. The standard InChI is InChI=1S/C11H13BrClNO2/c1-7(2)6-16-14-11(15)8-3-4-10(13)9(12)5-8/h3-5,7H,6H2,1-2H3,(H,14,15). The van der Waals surface area contributed by atoms with E-state index >= 15 is 0 Å². The zero-order chi connectivity index (χ0) is 12.1. The Labute approximate surface area is 108 Å². The quantitative estimate of drug-likeness (QED) is 0.866. The summed E-state index contributed by atoms with van der Waals surface area (Å²) in [5.41, 5.74) is 2.87. The van der Waals surface area contributed by atoms with Crippen LogP contribution in [0.5, 0.6) is 0 Å². The minimum absolute atomic E-state index is 0.280. The van der Waals surface area contributed by atoms with Crippen LogP contribution < -0.4 is 5.48 Å². The van der Waals surface area contributed by atoms with E-state index < -0.39 is 0 Å². The summed E-state index contributed by atoms with van der Waals surface area (Å²) < 4.78 is 0.686. The van der Waals surface area contributed by atoms with Crippen molar-refractivity contribution >= 4 is 33.4 Å². The molecule has 88 valence electrons. The lowest BCUT2D eigenvalue weighted by molar-refractivity contribution is 0.0208. The van der Waals surface area contributed by atoms with Crippen molar-refractivity contribution in [2.45, 2.75) is 13.8 Å². The van der Waals surface area contributed by atoms with Gasteiger partial charge in [-0.15, -0.1) is 0 Å². The second-order valence-corrected chi connectivity index (χ2v) is 5.03. The molecular formula is C11H13BrClNO2. The van der Waals surface area contributed by atoms with Gasteiger partial charge in [-0.25, -0.2) is 5.48 Å². The molecule has 0 radical (unpaired) electrons. The number of benzene rings is 1. The number of halogens is 2. The Morgan fingerprint density at radius 2 is 2.25 bits per heavy atom. The Morgan fingerprint density at radius 3 is 2.81 bits per heavy atom. The molecule has 0 aromatic heterocycles. The molecule has 0 aliphatic carbocycles. The minimum atomic E-state index is -0.280. The molecule has 0 saturated heterocycles. The maximum absolute atomic E-state index is 11.6. The van der Waals surface area contributed by atoms with Gasteiger partial charge in [-0.05, 0) is 40.0 Å². The van der Waals surface area contributed by atoms with Gasteiger partial charge in [0.05, 0.1) is 11.6 Å². The molecule has 1 rings (SSSR count). The molecule has 16 heavy (non-hydrogen) atoms. The van der Waals surface area contributed by atoms with Gasteiger partial charge in [0.2, 0.25) is 0 Å². The summed E-state index contributed by atoms with van der Waals surface area (Å²) in [6.07, 6.45) is 0. The second kappa shape index (κ2) is 6.23. The van der Waals surface area contributed by atoms with Crippen molar-refractivity contribution in [3.8, 4) is 0 Å². The first-order valence-electron chi connectivity index (χ1n) is 4.88. The molecular weight excluding hydrogens is 293 g/mol. The molecule has 0 atom stereocenters. The summed E-state index contributed by atoms with van der Waals surface area (Å²) in [6.45, 7) is 4.50. The van der Waals surface area contributed by atoms with Crippen LogP contribution in [0.3, 0.4) is 0 Å². The summed E-state index contributed by atoms with van der Waals surface area (Å²) in [6, 6.07) is 4.94. The minimum Gasteiger partial charge on any atom is -0.273 e. The van der Waals surface area contributed by atoms with Gasteiger partial charge in [-0.1, -0.05) is 25.4 Å². The number of hydroxylamine groups is 1. The van der Waals surface area contributed by atoms with Crippen molar-refractivity contribution in [2.24, 2.45) is 5.92 Å². The van der Waals surface area contributed by atoms with E-state index in [4.69, 9.17) is 16.4 Å². The lowest BCUT2D eigenvalue weighted by atomic mass is 10.2. The van der Waals surface area contributed by atoms with Gasteiger partial charge in [-0.2, -0.15) is 0 Å². The molecule has 1 aromatic rings. The zero-order valence-electron chi connectivity index (χ0n) is 9.09. The number of carbonyl (C=O) groups excluding carboxylic acids is 1. The molecule has 1 aromatic carbocycles. The van der Waals surface area contributed by atoms with E-state index in [0.29, 0.717) is 27.6 Å². The summed E-state index contributed by atoms with van der Waals surface area (Å²) >= 11 is 9.07. The van der Waals surface area contributed by atoms with Crippen molar-refractivity contribution in [3.05, 3.63) is 33.3 Å². The predicted octanol–water partition coefficient (Wildman–Crippen LogP) is 3.42. The van der Waals surface area contributed by atoms with E-state index in [1.165, 1.54) is 0 Å². The number of nitrogens with one attached hydrogen (secondary N) is 1. The highest BCUT2D eigenvalue weighted by Gasteiger charge is 2.07. The Morgan fingerprint density at radius 1 is 1.56 bits per heavy atom. The highest BCUT2D eigenvalue weighted by Crippen LogP contribution is 2.23. The van der Waals surface area contributed by atoms with E-state index in [9.17, 15) is 4.79 Å². The number of hydrogen-bond donors (Lipinski definition) is 1. The molecule has 0 bridgehead atoms. The van der Waals surface area contributed by atoms with Crippen LogP contribution in [0.2, 0.25) is 5.02 Å². The Kier molecular flexibility index (Phi) is 5.25. The first kappa shape index (κ1) is 13.5. The van der Waals surface area contributed by atoms with Crippen LogP contribution in [0.1, 0.15) is 24.2 Å². The fourth-order valence-electron chi connectivity index (χ4n) is 0.970. The van der Waals surface area contributed by atoms with E-state index in [1.807, 2.05) is 13.8 Å². The number of carbonyl (C=O) groups is 1. The summed E-state index contributed by atoms with van der Waals surface area (Å²) in [7, 11) is 0. The van der Waals surface area contributed by atoms with Gasteiger partial charge in [0.25, 0.3) is 5.91 Å². The largest absolute Gasteiger partial charge is 0.274 e. The van der Waals surface area contributed by atoms with E-state index in [2.05, 4.69) is 21.4 Å². The van der Waals surface area contributed by atoms with Crippen molar-refractivity contribution in [1.82, 2.24) is 5.48 Å². The summed E-state index contributed by atoms with van der Waals surface area (Å²) in [4.78, 5) is 16.6. The zero-order valence-corrected chi connectivity index (χ0v) is 11.4. The van der Waals surface area contributed by atoms with Crippen LogP contribution in [0.25, 0.3) is 0 Å². The van der Waals surface area contributed by atoms with Crippen molar-refractivity contribution in [2.75, 3.05) is 6.61 Å². The highest BCUT2D eigenvalue weighted by molar-refractivity contribution is 9.10. The Balaban J connectivity index is 2.56. The van der Waals surface area contributed by atoms with Crippen LogP contribution in [0.4, 0.5) is 0 Å². The molecule has 3 nitrogen and oxygen atoms in total. The molecule has 0 fully saturated rings. The van der Waals surface area contributed by atoms with Gasteiger partial charge in [-0.3, -0.25) is 9.63 Å². The van der Waals surface area contributed by atoms with Crippen molar-refractivity contribution in [3.63, 3.8) is 0 Å². The lowest BCUT2D eigenvalue weighted by Crippen LogP contribution is -2.25. The molecule has 5 heteroatoms. The Hall–Kier alpha value is -0.580. The van der Waals surface area contributed by atoms with E-state index in [0.717, 1.165) is 0 Å². The fraction of sp³-hybridized carbons (Fsp3) is 0.364. The molecule has 1 amide bonds. The number of rotatable bonds is 4. The molecule has 0 saturated carbocycles. The molecule has 0 aliphatic rings. The van der Waals surface area contributed by atoms with Crippen molar-refractivity contribution in [1.29, 1.82) is 0 Å². The predicted molar refractivity (Wildman–Crippen MR) is 67.4 cm³/mol.